The number of nitrogens with two attached hydrogens (primary N) is 1. The van der Waals surface area contributed by atoms with Crippen molar-refractivity contribution in [2.24, 2.45) is 4.99 Å². The van der Waals surface area contributed by atoms with Gasteiger partial charge in [0.05, 0.1) is 21.2 Å². The van der Waals surface area contributed by atoms with Gasteiger partial charge >= 0.3 is 0 Å². The average molecular weight is 845 g/mol. The Morgan fingerprint density at radius 2 is 0.850 bits per heavy atom. The second kappa shape index (κ2) is 20.7. The number of nitrogens with one attached hydrogen (secondary N) is 1. The summed E-state index contributed by atoms with van der Waals surface area (Å²) in [5, 5.41) is 14.0. The summed E-state index contributed by atoms with van der Waals surface area (Å²) in [7, 11) is 0. The molecule has 0 amide bonds. The second-order valence-electron chi connectivity index (χ2n) is 13.4. The summed E-state index contributed by atoms with van der Waals surface area (Å²) in [6, 6.07) is 62.6. The Labute approximate surface area is 362 Å². The van der Waals surface area contributed by atoms with E-state index >= 15 is 0 Å². The third-order valence-electron chi connectivity index (χ3n) is 9.18. The number of nitrogen functional groups attached to an aromatic ring is 1. The highest BCUT2D eigenvalue weighted by molar-refractivity contribution is 9.10. The molecule has 0 fully saturated rings. The molecule has 3 heterocycles. The van der Waals surface area contributed by atoms with Crippen LogP contribution in [0.5, 0.6) is 0 Å². The van der Waals surface area contributed by atoms with Crippen molar-refractivity contribution in [3.8, 4) is 0 Å². The van der Waals surface area contributed by atoms with Gasteiger partial charge in [-0.15, -0.1) is 0 Å². The van der Waals surface area contributed by atoms with Gasteiger partial charge in [0.25, 0.3) is 0 Å². The number of hydrogen-bond acceptors (Lipinski definition) is 6. The molecule has 3 N–H and O–H groups in total. The molecule has 60 heavy (non-hydrogen) atoms. The summed E-state index contributed by atoms with van der Waals surface area (Å²) in [6.45, 7) is 0. The summed E-state index contributed by atoms with van der Waals surface area (Å²) in [5.74, 6) is 0. The maximum atomic E-state index is 7.97. The highest BCUT2D eigenvalue weighted by atomic mass is 79.9. The lowest BCUT2D eigenvalue weighted by Crippen LogP contribution is -2.02. The van der Waals surface area contributed by atoms with Gasteiger partial charge in [-0.3, -0.25) is 20.4 Å². The van der Waals surface area contributed by atoms with Crippen molar-refractivity contribution in [2.75, 3.05) is 5.73 Å². The van der Waals surface area contributed by atoms with E-state index in [0.717, 1.165) is 70.4 Å². The molecule has 0 bridgehead atoms. The quantitative estimate of drug-likeness (QED) is 0.133. The fourth-order valence-electron chi connectivity index (χ4n) is 6.13. The molecule has 0 unspecified atom stereocenters. The smallest absolute Gasteiger partial charge is 0.0840 e. The molecule has 0 aliphatic heterocycles. The first-order chi connectivity index (χ1) is 30.7. The van der Waals surface area contributed by atoms with E-state index in [1.165, 1.54) is 0 Å². The predicted octanol–water partition coefficient (Wildman–Crippen LogP) is 13.3. The Morgan fingerprint density at radius 1 is 0.450 bits per heavy atom. The summed E-state index contributed by atoms with van der Waals surface area (Å²) < 4.78 is 23.4. The summed E-state index contributed by atoms with van der Waals surface area (Å²) >= 11 is 3.38. The van der Waals surface area contributed by atoms with E-state index in [-0.39, 0.29) is 12.3 Å². The molecular weight excluding hydrogens is 801 g/mol. The SMILES string of the molecule is N=C(c1ccccc1)c1ccccc1.[2H]c1cc2cc(Br)ccc2cn1.[2H]c1cc2cc(N)ccc2cn1.[2H]c1cc2cc(N=C(c3ccccc3)c3ccccc3)ccc2cn1. The molecule has 0 spiro atoms. The molecule has 6 nitrogen and oxygen atoms in total. The third-order valence-corrected chi connectivity index (χ3v) is 9.68. The molecule has 290 valence electrons. The van der Waals surface area contributed by atoms with Crippen molar-refractivity contribution in [1.29, 1.82) is 5.41 Å². The number of benzene rings is 7. The molecule has 3 aromatic heterocycles. The fraction of sp³-hybridized carbons (Fsp3) is 0. The van der Waals surface area contributed by atoms with E-state index in [1.807, 2.05) is 152 Å². The maximum absolute atomic E-state index is 7.97. The number of rotatable bonds is 5. The van der Waals surface area contributed by atoms with Gasteiger partial charge in [-0.2, -0.15) is 0 Å². The van der Waals surface area contributed by atoms with Crippen molar-refractivity contribution in [3.05, 3.63) is 258 Å². The number of aromatic nitrogens is 3. The number of pyridine rings is 3. The van der Waals surface area contributed by atoms with Crippen molar-refractivity contribution >= 4 is 71.0 Å². The van der Waals surface area contributed by atoms with Gasteiger partial charge in [0.15, 0.2) is 0 Å². The Bertz CT molecular complexity index is 2900. The van der Waals surface area contributed by atoms with Crippen LogP contribution in [0, 0.1) is 5.41 Å². The summed E-state index contributed by atoms with van der Waals surface area (Å²) in [4.78, 5) is 16.7. The second-order valence-corrected chi connectivity index (χ2v) is 14.3. The van der Waals surface area contributed by atoms with Crippen LogP contribution in [0.2, 0.25) is 0 Å². The standard InChI is InChI=1S/C22H16N2.C13H11N.C9H6BrN.C9H8N2/c1-3-7-17(8-4-1)22(18-9-5-2-6-10-18)24-21-12-11-20-16-23-14-13-19(20)15-21;14-13(11-7-3-1-4-8-11)12-9-5-2-6-10-12;2*10-9-2-1-8-6-11-4-3-7(8)5-9/h1-16H;1-10,14H;1-6H;1-6H,10H2/i14D;;2*4D. The van der Waals surface area contributed by atoms with Crippen molar-refractivity contribution in [3.63, 3.8) is 0 Å². The van der Waals surface area contributed by atoms with Crippen molar-refractivity contribution < 1.29 is 4.11 Å². The Kier molecular flexibility index (Phi) is 12.7. The molecule has 0 radical (unpaired) electrons. The summed E-state index contributed by atoms with van der Waals surface area (Å²) in [6.07, 6.45) is 5.95. The fourth-order valence-corrected chi connectivity index (χ4v) is 6.51. The molecule has 10 aromatic rings. The van der Waals surface area contributed by atoms with Gasteiger partial charge in [-0.25, -0.2) is 4.99 Å². The molecule has 10 rings (SSSR count). The van der Waals surface area contributed by atoms with E-state index in [2.05, 4.69) is 55.1 Å². The zero-order chi connectivity index (χ0) is 44.0. The van der Waals surface area contributed by atoms with Crippen LogP contribution in [-0.4, -0.2) is 26.4 Å². The number of aliphatic imine (C=N–C) groups is 1. The van der Waals surface area contributed by atoms with E-state index in [4.69, 9.17) is 20.2 Å². The van der Waals surface area contributed by atoms with Crippen LogP contribution in [0.25, 0.3) is 32.3 Å². The molecule has 0 saturated heterocycles. The van der Waals surface area contributed by atoms with Crippen LogP contribution in [0.3, 0.4) is 0 Å². The minimum Gasteiger partial charge on any atom is -0.399 e. The van der Waals surface area contributed by atoms with Crippen molar-refractivity contribution in [2.45, 2.75) is 0 Å². The van der Waals surface area contributed by atoms with Crippen LogP contribution in [0.15, 0.2) is 241 Å². The Balaban J connectivity index is 0.000000134. The highest BCUT2D eigenvalue weighted by Crippen LogP contribution is 2.23. The maximum Gasteiger partial charge on any atom is 0.0840 e. The molecule has 0 atom stereocenters. The number of fused-ring (bicyclic) bond motifs is 3. The van der Waals surface area contributed by atoms with Crippen molar-refractivity contribution in [1.82, 2.24) is 15.0 Å². The van der Waals surface area contributed by atoms with Crippen LogP contribution in [0.4, 0.5) is 11.4 Å². The van der Waals surface area contributed by atoms with Crippen LogP contribution >= 0.6 is 15.9 Å². The zero-order valence-electron chi connectivity index (χ0n) is 35.5. The lowest BCUT2D eigenvalue weighted by atomic mass is 10.0. The van der Waals surface area contributed by atoms with Gasteiger partial charge in [0, 0.05) is 74.6 Å². The predicted molar refractivity (Wildman–Crippen MR) is 254 cm³/mol. The number of halogens is 1. The Morgan fingerprint density at radius 3 is 1.33 bits per heavy atom. The minimum absolute atomic E-state index is 0.264. The summed E-state index contributed by atoms with van der Waals surface area (Å²) in [5.41, 5.74) is 12.7. The van der Waals surface area contributed by atoms with Gasteiger partial charge in [-0.05, 0) is 81.9 Å². The topological polar surface area (TPSA) is 101 Å². The lowest BCUT2D eigenvalue weighted by molar-refractivity contribution is 1.36. The molecule has 7 heteroatoms. The third kappa shape index (κ3) is 11.3. The first-order valence-electron chi connectivity index (χ1n) is 20.6. The number of nitrogens with zero attached hydrogens (tertiary/aromatic N) is 4. The molecule has 0 aliphatic rings. The molecule has 0 saturated carbocycles. The molecule has 7 aromatic carbocycles. The normalized spacial score (nSPS) is 10.9. The highest BCUT2D eigenvalue weighted by Gasteiger charge is 2.07. The molecule has 0 aliphatic carbocycles. The zero-order valence-corrected chi connectivity index (χ0v) is 34.0. The van der Waals surface area contributed by atoms with Gasteiger partial charge in [0.2, 0.25) is 0 Å². The Hall–Kier alpha value is -7.61. The average Bonchev–Trinajstić information content (AvgIpc) is 3.32. The van der Waals surface area contributed by atoms with E-state index in [0.29, 0.717) is 17.6 Å². The van der Waals surface area contributed by atoms with Gasteiger partial charge < -0.3 is 5.73 Å². The first-order valence-corrected chi connectivity index (χ1v) is 19.9. The molecular formula is C53H41BrN6. The van der Waals surface area contributed by atoms with Crippen LogP contribution < -0.4 is 5.73 Å². The van der Waals surface area contributed by atoms with Crippen LogP contribution in [-0.2, 0) is 0 Å². The van der Waals surface area contributed by atoms with Gasteiger partial charge in [0.1, 0.15) is 0 Å². The van der Waals surface area contributed by atoms with Crippen LogP contribution in [0.1, 0.15) is 26.4 Å². The van der Waals surface area contributed by atoms with E-state index in [9.17, 15) is 0 Å². The largest absolute Gasteiger partial charge is 0.399 e. The van der Waals surface area contributed by atoms with Gasteiger partial charge in [-0.1, -0.05) is 155 Å². The number of anilines is 1. The first kappa shape index (κ1) is 36.7. The minimum atomic E-state index is 0.264. The monoisotopic (exact) mass is 843 g/mol. The lowest BCUT2D eigenvalue weighted by Gasteiger charge is -2.08. The van der Waals surface area contributed by atoms with E-state index in [1.54, 1.807) is 36.8 Å². The van der Waals surface area contributed by atoms with E-state index < -0.39 is 0 Å². The number of hydrogen-bond donors (Lipinski definition) is 2.